The fourth-order valence-electron chi connectivity index (χ4n) is 14.7. The van der Waals surface area contributed by atoms with Crippen LogP contribution in [0.4, 0.5) is 0 Å². The lowest BCUT2D eigenvalue weighted by atomic mass is 9.93. The minimum absolute atomic E-state index is 0.0741. The first kappa shape index (κ1) is 67.8. The Hall–Kier alpha value is -12.0. The number of benzene rings is 10. The normalized spacial score (nSPS) is 11.8. The number of carbonyl (C=O) groups is 4. The number of ether oxygens (including phenoxy) is 4. The number of aromatic nitrogens is 4. The molecule has 0 saturated carbocycles. The molecule has 2 aliphatic heterocycles. The maximum Gasteiger partial charge on any atom is 0.303 e. The number of aliphatic carboxylic acids is 4. The van der Waals surface area contributed by atoms with Crippen molar-refractivity contribution in [1.29, 1.82) is 0 Å². The van der Waals surface area contributed by atoms with Crippen molar-refractivity contribution in [2.75, 3.05) is 26.4 Å². The predicted molar refractivity (Wildman–Crippen MR) is 412 cm³/mol. The minimum atomic E-state index is -0.834. The van der Waals surface area contributed by atoms with Crippen LogP contribution in [-0.2, 0) is 19.2 Å². The van der Waals surface area contributed by atoms with Crippen LogP contribution in [0.5, 0.6) is 23.0 Å². The first-order valence-corrected chi connectivity index (χ1v) is 36.0. The SMILES string of the molecule is O=C(O)CCCCCOc1cc(OCCCCCC(=O)O)cc(-c2c3nc(cc4[nH]c(c(-c5cc(OCCCCCC(=O)O)cc(OCCCCCC(=O)O)c5)c5nc(cc6[nH]c2c2cc7ccccc7cc62)-c2cc6ccccc6cc2-5)c2cc5ccccc5cc42)-c2cc4ccccc4cc2-3)c1. The topological polar surface area (TPSA) is 243 Å². The number of H-pyrrole nitrogens is 2. The van der Waals surface area contributed by atoms with Gasteiger partial charge in [0.2, 0.25) is 0 Å². The number of aromatic amines is 2. The van der Waals surface area contributed by atoms with Gasteiger partial charge < -0.3 is 49.3 Å². The number of carboxylic acids is 4. The van der Waals surface area contributed by atoms with E-state index >= 15 is 0 Å². The zero-order valence-electron chi connectivity index (χ0n) is 57.6. The van der Waals surface area contributed by atoms with Gasteiger partial charge in [-0.15, -0.1) is 0 Å². The molecular weight excluding hydrogens is 1300 g/mol. The molecule has 16 heteroatoms. The second-order valence-corrected chi connectivity index (χ2v) is 27.1. The van der Waals surface area contributed by atoms with Crippen molar-refractivity contribution in [2.45, 2.75) is 103 Å². The number of nitrogens with one attached hydrogen (secondary N) is 2. The van der Waals surface area contributed by atoms with Crippen molar-refractivity contribution in [3.8, 4) is 90.3 Å². The molecule has 8 bridgehead atoms. The largest absolute Gasteiger partial charge is 0.493 e. The van der Waals surface area contributed by atoms with Crippen LogP contribution in [0.15, 0.2) is 194 Å². The van der Waals surface area contributed by atoms with Gasteiger partial charge in [-0.3, -0.25) is 19.2 Å². The third-order valence-corrected chi connectivity index (χ3v) is 19.8. The molecular formula is C88H78N4O12. The van der Waals surface area contributed by atoms with E-state index in [4.69, 9.17) is 28.9 Å². The summed E-state index contributed by atoms with van der Waals surface area (Å²) in [6.07, 6.45) is 7.56. The van der Waals surface area contributed by atoms with Gasteiger partial charge in [0.1, 0.15) is 23.0 Å². The molecule has 0 saturated heterocycles. The molecule has 3 aromatic heterocycles. The van der Waals surface area contributed by atoms with Crippen LogP contribution < -0.4 is 18.9 Å². The Morgan fingerprint density at radius 3 is 0.856 bits per heavy atom. The van der Waals surface area contributed by atoms with Crippen LogP contribution in [-0.4, -0.2) is 90.7 Å². The van der Waals surface area contributed by atoms with Crippen LogP contribution in [0.25, 0.3) is 154 Å². The summed E-state index contributed by atoms with van der Waals surface area (Å²) in [6.45, 7) is 1.31. The first-order valence-electron chi connectivity index (χ1n) is 36.0. The van der Waals surface area contributed by atoms with Gasteiger partial charge >= 0.3 is 23.9 Å². The molecule has 0 amide bonds. The summed E-state index contributed by atoms with van der Waals surface area (Å²) in [5.74, 6) is -1.13. The summed E-state index contributed by atoms with van der Waals surface area (Å²) in [5.41, 5.74) is 12.7. The number of rotatable bonds is 30. The quantitative estimate of drug-likeness (QED) is 0.0230. The van der Waals surface area contributed by atoms with E-state index in [1.807, 2.05) is 36.4 Å². The molecule has 104 heavy (non-hydrogen) atoms. The number of fused-ring (bicyclic) bond motifs is 24. The average Bonchev–Trinajstić information content (AvgIpc) is 1.56. The van der Waals surface area contributed by atoms with Crippen molar-refractivity contribution in [3.63, 3.8) is 0 Å². The Kier molecular flexibility index (Phi) is 19.7. The molecule has 6 N–H and O–H groups in total. The van der Waals surface area contributed by atoms with E-state index in [0.717, 1.165) is 131 Å². The standard InChI is InChI=1S/C88H78N4O12/c93-79(94)29-5-1-17-33-101-63-37-61(38-64(49-63)102-34-18-2-6-30-80(95)96)83-85-71-45-57-25-13-9-21-53(57)41-67(71)75(89-85)51-77-69-43-55-23-11-15-27-59(55)47-73(69)87(91-77)84(62-39-65(103-35-19-3-7-31-81(97)98)50-66(40-62)104-36-20-4-8-32-82(99)100)88-74-48-60-28-16-12-24-56(60)44-70(74)78(92-88)52-76-68-42-54-22-10-14-26-58(54)46-72(68)86(83)90-76/h9-16,21-28,37-52,89,92H,1-8,17-20,29-36H2,(H,93,94)(H,95,96)(H,97,98)(H,99,100). The lowest BCUT2D eigenvalue weighted by molar-refractivity contribution is -0.138. The highest BCUT2D eigenvalue weighted by Gasteiger charge is 2.29. The molecule has 2 aliphatic rings. The Morgan fingerprint density at radius 1 is 0.298 bits per heavy atom. The lowest BCUT2D eigenvalue weighted by Gasteiger charge is -2.15. The van der Waals surface area contributed by atoms with E-state index in [1.54, 1.807) is 0 Å². The van der Waals surface area contributed by atoms with Gasteiger partial charge in [0, 0.05) is 104 Å². The van der Waals surface area contributed by atoms with E-state index in [0.29, 0.717) is 149 Å². The van der Waals surface area contributed by atoms with Crippen LogP contribution in [0.1, 0.15) is 103 Å². The van der Waals surface area contributed by atoms with E-state index in [1.165, 1.54) is 0 Å². The van der Waals surface area contributed by atoms with Crippen molar-refractivity contribution >= 4 is 111 Å². The van der Waals surface area contributed by atoms with Gasteiger partial charge in [-0.1, -0.05) is 97.1 Å². The lowest BCUT2D eigenvalue weighted by Crippen LogP contribution is -2.02. The molecule has 5 heterocycles. The average molecular weight is 1380 g/mol. The molecule has 0 spiro atoms. The summed E-state index contributed by atoms with van der Waals surface area (Å²) in [6, 6.07) is 67.7. The summed E-state index contributed by atoms with van der Waals surface area (Å²) in [4.78, 5) is 66.2. The minimum Gasteiger partial charge on any atom is -0.493 e. The van der Waals surface area contributed by atoms with Crippen molar-refractivity contribution in [3.05, 3.63) is 194 Å². The van der Waals surface area contributed by atoms with Gasteiger partial charge in [0.05, 0.1) is 60.2 Å². The molecule has 0 aliphatic carbocycles. The number of nitrogens with zero attached hydrogens (tertiary/aromatic N) is 2. The Labute approximate surface area is 599 Å². The molecule has 0 atom stereocenters. The second-order valence-electron chi connectivity index (χ2n) is 27.1. The monoisotopic (exact) mass is 1380 g/mol. The third kappa shape index (κ3) is 14.7. The summed E-state index contributed by atoms with van der Waals surface area (Å²) >= 11 is 0. The molecule has 15 rings (SSSR count). The highest BCUT2D eigenvalue weighted by molar-refractivity contribution is 6.21. The molecule has 0 fully saturated rings. The number of carboxylic acid groups (broad SMARTS) is 4. The number of unbranched alkanes of at least 4 members (excludes halogenated alkanes) is 8. The smallest absolute Gasteiger partial charge is 0.303 e. The second kappa shape index (κ2) is 30.3. The first-order chi connectivity index (χ1) is 50.8. The van der Waals surface area contributed by atoms with Gasteiger partial charge in [0.15, 0.2) is 0 Å². The van der Waals surface area contributed by atoms with E-state index in [2.05, 4.69) is 168 Å². The summed E-state index contributed by atoms with van der Waals surface area (Å²) in [5, 5.41) is 49.8. The van der Waals surface area contributed by atoms with Crippen molar-refractivity contribution in [1.82, 2.24) is 19.9 Å². The van der Waals surface area contributed by atoms with Crippen molar-refractivity contribution in [2.24, 2.45) is 0 Å². The molecule has 13 aromatic rings. The number of hydrogen-bond donors (Lipinski definition) is 6. The Bertz CT molecular complexity index is 5280. The van der Waals surface area contributed by atoms with Crippen molar-refractivity contribution < 1.29 is 58.6 Å². The van der Waals surface area contributed by atoms with Gasteiger partial charge in [-0.05, 0) is 216 Å². The van der Waals surface area contributed by atoms with Gasteiger partial charge in [-0.2, -0.15) is 0 Å². The maximum atomic E-state index is 11.5. The fraction of sp³-hybridized carbons (Fsp3) is 0.227. The fourth-order valence-corrected chi connectivity index (χ4v) is 14.7. The molecule has 16 nitrogen and oxygen atoms in total. The molecule has 10 aromatic carbocycles. The third-order valence-electron chi connectivity index (χ3n) is 19.8. The van der Waals surface area contributed by atoms with E-state index in [9.17, 15) is 39.6 Å². The van der Waals surface area contributed by atoms with E-state index < -0.39 is 23.9 Å². The molecule has 0 radical (unpaired) electrons. The Balaban J connectivity index is 1.06. The highest BCUT2D eigenvalue weighted by atomic mass is 16.5. The van der Waals surface area contributed by atoms with Crippen LogP contribution in [0.3, 0.4) is 0 Å². The van der Waals surface area contributed by atoms with Crippen LogP contribution in [0.2, 0.25) is 0 Å². The van der Waals surface area contributed by atoms with Crippen LogP contribution in [0, 0.1) is 0 Å². The van der Waals surface area contributed by atoms with Gasteiger partial charge in [-0.25, -0.2) is 9.97 Å². The molecule has 522 valence electrons. The summed E-state index contributed by atoms with van der Waals surface area (Å²) in [7, 11) is 0. The van der Waals surface area contributed by atoms with Gasteiger partial charge in [0.25, 0.3) is 0 Å². The Morgan fingerprint density at radius 2 is 0.567 bits per heavy atom. The molecule has 0 unspecified atom stereocenters. The van der Waals surface area contributed by atoms with E-state index in [-0.39, 0.29) is 25.7 Å². The van der Waals surface area contributed by atoms with Crippen LogP contribution >= 0.6 is 0 Å². The zero-order chi connectivity index (χ0) is 71.2. The highest BCUT2D eigenvalue weighted by Crippen LogP contribution is 2.51. The summed E-state index contributed by atoms with van der Waals surface area (Å²) < 4.78 is 26.8. The zero-order valence-corrected chi connectivity index (χ0v) is 57.6. The number of hydrogen-bond acceptors (Lipinski definition) is 10. The maximum absolute atomic E-state index is 11.5. The predicted octanol–water partition coefficient (Wildman–Crippen LogP) is 21.3.